The molecule has 3 heterocycles. The lowest BCUT2D eigenvalue weighted by molar-refractivity contribution is -0.117. The van der Waals surface area contributed by atoms with Crippen LogP contribution < -0.4 is 4.90 Å². The van der Waals surface area contributed by atoms with Crippen LogP contribution >= 0.6 is 0 Å². The lowest BCUT2D eigenvalue weighted by Crippen LogP contribution is -2.48. The van der Waals surface area contributed by atoms with Crippen LogP contribution in [-0.2, 0) is 4.79 Å². The molecule has 0 unspecified atom stereocenters. The Labute approximate surface area is 126 Å². The molecule has 3 rings (SSSR count). The maximum absolute atomic E-state index is 12.2. The van der Waals surface area contributed by atoms with E-state index in [-0.39, 0.29) is 11.8 Å². The number of pyridine rings is 1. The predicted molar refractivity (Wildman–Crippen MR) is 82.2 cm³/mol. The average molecular weight is 289 g/mol. The number of nitrogens with zero attached hydrogens (tertiary/aromatic N) is 3. The molecule has 5 heteroatoms. The zero-order chi connectivity index (χ0) is 15.4. The summed E-state index contributed by atoms with van der Waals surface area (Å²) in [5, 5.41) is 0. The molecule has 2 aliphatic heterocycles. The molecule has 114 valence electrons. The Morgan fingerprint density at radius 2 is 2.00 bits per heavy atom. The summed E-state index contributed by atoms with van der Waals surface area (Å²) >= 11 is 0. The van der Waals surface area contributed by atoms with Crippen LogP contribution in [0, 0.1) is 5.92 Å². The summed E-state index contributed by atoms with van der Waals surface area (Å²) in [6.45, 7) is 8.42. The number of aromatic nitrogens is 1. The molecule has 0 bridgehead atoms. The van der Waals surface area contributed by atoms with Gasteiger partial charge in [0.15, 0.2) is 0 Å². The standard InChI is InChI=1S/C14H17N3O2.C2H6/c1-10-8-16(9-10)14(19)11-4-2-5-12(15-11)17-7-3-6-13(17)18;1-2/h2,4-5,10H,3,6-9H2,1H3;1-2H3. The van der Waals surface area contributed by atoms with Gasteiger partial charge in [-0.15, -0.1) is 0 Å². The van der Waals surface area contributed by atoms with E-state index in [1.165, 1.54) is 0 Å². The van der Waals surface area contributed by atoms with Gasteiger partial charge in [0.2, 0.25) is 5.91 Å². The second-order valence-corrected chi connectivity index (χ2v) is 5.35. The van der Waals surface area contributed by atoms with Crippen molar-refractivity contribution in [1.82, 2.24) is 9.88 Å². The third-order valence-electron chi connectivity index (χ3n) is 3.65. The summed E-state index contributed by atoms with van der Waals surface area (Å²) in [6.07, 6.45) is 1.44. The molecule has 2 amide bonds. The van der Waals surface area contributed by atoms with Crippen LogP contribution in [0.1, 0.15) is 44.1 Å². The highest BCUT2D eigenvalue weighted by Gasteiger charge is 2.29. The van der Waals surface area contributed by atoms with Crippen molar-refractivity contribution >= 4 is 17.6 Å². The van der Waals surface area contributed by atoms with Gasteiger partial charge in [0.05, 0.1) is 0 Å². The van der Waals surface area contributed by atoms with Gasteiger partial charge in [-0.3, -0.25) is 14.5 Å². The van der Waals surface area contributed by atoms with Crippen molar-refractivity contribution in [3.63, 3.8) is 0 Å². The minimum atomic E-state index is -0.0356. The predicted octanol–water partition coefficient (Wildman–Crippen LogP) is 2.33. The Bertz CT molecular complexity index is 524. The second kappa shape index (κ2) is 6.70. The third-order valence-corrected chi connectivity index (χ3v) is 3.65. The van der Waals surface area contributed by atoms with Gasteiger partial charge in [-0.25, -0.2) is 4.98 Å². The SMILES string of the molecule is CC.CC1CN(C(=O)c2cccc(N3CCCC3=O)n2)C1. The topological polar surface area (TPSA) is 53.5 Å². The molecule has 0 spiro atoms. The van der Waals surface area contributed by atoms with E-state index in [1.54, 1.807) is 28.0 Å². The first kappa shape index (κ1) is 15.5. The van der Waals surface area contributed by atoms with Gasteiger partial charge in [-0.1, -0.05) is 26.8 Å². The number of likely N-dealkylation sites (tertiary alicyclic amines) is 1. The normalized spacial score (nSPS) is 18.1. The lowest BCUT2D eigenvalue weighted by atomic mass is 10.0. The van der Waals surface area contributed by atoms with Crippen molar-refractivity contribution < 1.29 is 9.59 Å². The van der Waals surface area contributed by atoms with Gasteiger partial charge < -0.3 is 4.90 Å². The first-order chi connectivity index (χ1) is 10.1. The fourth-order valence-corrected chi connectivity index (χ4v) is 2.61. The van der Waals surface area contributed by atoms with E-state index in [2.05, 4.69) is 11.9 Å². The maximum Gasteiger partial charge on any atom is 0.272 e. The molecule has 1 aromatic rings. The highest BCUT2D eigenvalue weighted by atomic mass is 16.2. The van der Waals surface area contributed by atoms with E-state index in [1.807, 2.05) is 13.8 Å². The van der Waals surface area contributed by atoms with E-state index in [0.29, 0.717) is 30.4 Å². The minimum absolute atomic E-state index is 0.0356. The molecule has 2 saturated heterocycles. The average Bonchev–Trinajstić information content (AvgIpc) is 2.92. The monoisotopic (exact) mass is 289 g/mol. The number of rotatable bonds is 2. The lowest BCUT2D eigenvalue weighted by Gasteiger charge is -2.36. The Morgan fingerprint density at radius 1 is 1.29 bits per heavy atom. The van der Waals surface area contributed by atoms with Gasteiger partial charge in [0.25, 0.3) is 5.91 Å². The maximum atomic E-state index is 12.2. The van der Waals surface area contributed by atoms with E-state index in [9.17, 15) is 9.59 Å². The van der Waals surface area contributed by atoms with Crippen LogP contribution in [0.2, 0.25) is 0 Å². The van der Waals surface area contributed by atoms with Crippen LogP contribution in [0.25, 0.3) is 0 Å². The summed E-state index contributed by atoms with van der Waals surface area (Å²) in [7, 11) is 0. The smallest absolute Gasteiger partial charge is 0.272 e. The highest BCUT2D eigenvalue weighted by molar-refractivity contribution is 5.96. The first-order valence-electron chi connectivity index (χ1n) is 7.72. The molecular formula is C16H23N3O2. The quantitative estimate of drug-likeness (QED) is 0.839. The molecule has 21 heavy (non-hydrogen) atoms. The molecule has 0 atom stereocenters. The summed E-state index contributed by atoms with van der Waals surface area (Å²) in [4.78, 5) is 31.7. The number of carbonyl (C=O) groups is 2. The van der Waals surface area contributed by atoms with Crippen LogP contribution in [0.15, 0.2) is 18.2 Å². The number of hydrogen-bond donors (Lipinski definition) is 0. The van der Waals surface area contributed by atoms with Crippen molar-refractivity contribution in [3.05, 3.63) is 23.9 Å². The van der Waals surface area contributed by atoms with Crippen molar-refractivity contribution in [3.8, 4) is 0 Å². The van der Waals surface area contributed by atoms with Crippen molar-refractivity contribution in [2.75, 3.05) is 24.5 Å². The molecule has 0 aromatic carbocycles. The van der Waals surface area contributed by atoms with Gasteiger partial charge in [-0.05, 0) is 24.5 Å². The summed E-state index contributed by atoms with van der Waals surface area (Å²) in [5.41, 5.74) is 0.434. The number of amides is 2. The van der Waals surface area contributed by atoms with E-state index < -0.39 is 0 Å². The number of carbonyl (C=O) groups excluding carboxylic acids is 2. The molecule has 0 aliphatic carbocycles. The van der Waals surface area contributed by atoms with Crippen molar-refractivity contribution in [2.45, 2.75) is 33.6 Å². The van der Waals surface area contributed by atoms with Gasteiger partial charge in [0, 0.05) is 26.1 Å². The molecule has 2 aliphatic rings. The third kappa shape index (κ3) is 3.23. The molecular weight excluding hydrogens is 266 g/mol. The van der Waals surface area contributed by atoms with Crippen LogP contribution in [0.5, 0.6) is 0 Å². The van der Waals surface area contributed by atoms with Crippen LogP contribution in [0.4, 0.5) is 5.82 Å². The molecule has 5 nitrogen and oxygen atoms in total. The van der Waals surface area contributed by atoms with Crippen LogP contribution in [-0.4, -0.2) is 41.3 Å². The molecule has 0 N–H and O–H groups in total. The zero-order valence-corrected chi connectivity index (χ0v) is 13.0. The first-order valence-corrected chi connectivity index (χ1v) is 7.72. The number of anilines is 1. The fourth-order valence-electron chi connectivity index (χ4n) is 2.61. The fraction of sp³-hybridized carbons (Fsp3) is 0.562. The van der Waals surface area contributed by atoms with Crippen LogP contribution in [0.3, 0.4) is 0 Å². The summed E-state index contributed by atoms with van der Waals surface area (Å²) in [5.74, 6) is 1.23. The van der Waals surface area contributed by atoms with Gasteiger partial charge in [-0.2, -0.15) is 0 Å². The largest absolute Gasteiger partial charge is 0.337 e. The highest BCUT2D eigenvalue weighted by Crippen LogP contribution is 2.21. The summed E-state index contributed by atoms with van der Waals surface area (Å²) in [6, 6.07) is 5.30. The molecule has 1 aromatic heterocycles. The van der Waals surface area contributed by atoms with E-state index in [0.717, 1.165) is 19.5 Å². The Morgan fingerprint density at radius 3 is 2.57 bits per heavy atom. The second-order valence-electron chi connectivity index (χ2n) is 5.35. The minimum Gasteiger partial charge on any atom is -0.337 e. The van der Waals surface area contributed by atoms with E-state index in [4.69, 9.17) is 0 Å². The Balaban J connectivity index is 0.000000774. The van der Waals surface area contributed by atoms with Crippen molar-refractivity contribution in [2.24, 2.45) is 5.92 Å². The number of hydrogen-bond acceptors (Lipinski definition) is 3. The molecule has 0 saturated carbocycles. The molecule has 2 fully saturated rings. The Kier molecular flexibility index (Phi) is 4.94. The Hall–Kier alpha value is -1.91. The zero-order valence-electron chi connectivity index (χ0n) is 13.0. The summed E-state index contributed by atoms with van der Waals surface area (Å²) < 4.78 is 0. The van der Waals surface area contributed by atoms with Gasteiger partial charge in [0.1, 0.15) is 11.5 Å². The van der Waals surface area contributed by atoms with E-state index >= 15 is 0 Å². The van der Waals surface area contributed by atoms with Gasteiger partial charge >= 0.3 is 0 Å². The van der Waals surface area contributed by atoms with Crippen molar-refractivity contribution in [1.29, 1.82) is 0 Å². The molecule has 0 radical (unpaired) electrons.